The third-order valence-electron chi connectivity index (χ3n) is 12.7. The molecule has 0 atom stereocenters. The standard InChI is InChI=1S/C54H41NS/c1-53(2)45-19-9-5-15-40(45)42-30-28-36(32-47(42)53)55(37-29-31-43-41-16-6-10-20-46(41)54(3,4)48(43)33-37)49-21-11-7-14-38(49)34-24-26-35(27-25-34)39-18-13-23-51-52(39)44-17-8-12-22-50(44)56-51/h5-33H,1-4H3. The Bertz CT molecular complexity index is 2920. The van der Waals surface area contributed by atoms with Gasteiger partial charge in [-0.05, 0) is 104 Å². The highest BCUT2D eigenvalue weighted by atomic mass is 32.1. The minimum absolute atomic E-state index is 0.110. The van der Waals surface area contributed by atoms with Gasteiger partial charge in [0.25, 0.3) is 0 Å². The Morgan fingerprint density at radius 1 is 0.375 bits per heavy atom. The zero-order valence-corrected chi connectivity index (χ0v) is 32.9. The molecular formula is C54H41NS. The van der Waals surface area contributed by atoms with E-state index in [1.807, 2.05) is 11.3 Å². The first kappa shape index (κ1) is 33.1. The van der Waals surface area contributed by atoms with Crippen molar-refractivity contribution in [3.05, 3.63) is 198 Å². The van der Waals surface area contributed by atoms with Gasteiger partial charge in [0.15, 0.2) is 0 Å². The summed E-state index contributed by atoms with van der Waals surface area (Å²) in [5, 5.41) is 2.67. The summed E-state index contributed by atoms with van der Waals surface area (Å²) in [6, 6.07) is 65.8. The third-order valence-corrected chi connectivity index (χ3v) is 13.8. The number of rotatable bonds is 5. The van der Waals surface area contributed by atoms with Crippen molar-refractivity contribution in [1.82, 2.24) is 0 Å². The molecule has 268 valence electrons. The second-order valence-corrected chi connectivity index (χ2v) is 17.6. The molecule has 0 fully saturated rings. The molecule has 0 unspecified atom stereocenters. The summed E-state index contributed by atoms with van der Waals surface area (Å²) in [5.41, 5.74) is 19.0. The van der Waals surface area contributed by atoms with Crippen LogP contribution in [0.15, 0.2) is 176 Å². The molecule has 2 aliphatic rings. The molecule has 0 spiro atoms. The molecule has 0 bridgehead atoms. The van der Waals surface area contributed by atoms with E-state index in [9.17, 15) is 0 Å². The average Bonchev–Trinajstić information content (AvgIpc) is 3.81. The van der Waals surface area contributed by atoms with Crippen LogP contribution < -0.4 is 4.90 Å². The van der Waals surface area contributed by atoms with Crippen LogP contribution in [0.2, 0.25) is 0 Å². The average molecular weight is 736 g/mol. The first-order chi connectivity index (χ1) is 27.3. The second kappa shape index (κ2) is 12.1. The maximum absolute atomic E-state index is 2.50. The van der Waals surface area contributed by atoms with E-state index in [4.69, 9.17) is 0 Å². The van der Waals surface area contributed by atoms with E-state index in [2.05, 4.69) is 209 Å². The van der Waals surface area contributed by atoms with Crippen LogP contribution in [0.4, 0.5) is 17.1 Å². The van der Waals surface area contributed by atoms with E-state index in [1.54, 1.807) is 0 Å². The summed E-state index contributed by atoms with van der Waals surface area (Å²) in [5.74, 6) is 0. The molecule has 2 heteroatoms. The van der Waals surface area contributed by atoms with E-state index in [0.717, 1.165) is 17.1 Å². The van der Waals surface area contributed by atoms with Crippen LogP contribution in [0, 0.1) is 0 Å². The molecule has 0 amide bonds. The smallest absolute Gasteiger partial charge is 0.0540 e. The Balaban J connectivity index is 1.08. The molecule has 0 aliphatic heterocycles. The molecule has 0 saturated carbocycles. The van der Waals surface area contributed by atoms with Gasteiger partial charge in [0.2, 0.25) is 0 Å². The van der Waals surface area contributed by atoms with Gasteiger partial charge in [0, 0.05) is 47.9 Å². The maximum atomic E-state index is 2.50. The lowest BCUT2D eigenvalue weighted by molar-refractivity contribution is 0.660. The molecule has 0 radical (unpaired) electrons. The topological polar surface area (TPSA) is 3.24 Å². The predicted octanol–water partition coefficient (Wildman–Crippen LogP) is 15.5. The normalized spacial score (nSPS) is 14.4. The highest BCUT2D eigenvalue weighted by Crippen LogP contribution is 2.54. The summed E-state index contributed by atoms with van der Waals surface area (Å²) < 4.78 is 2.66. The summed E-state index contributed by atoms with van der Waals surface area (Å²) in [4.78, 5) is 2.50. The maximum Gasteiger partial charge on any atom is 0.0540 e. The van der Waals surface area contributed by atoms with Gasteiger partial charge >= 0.3 is 0 Å². The van der Waals surface area contributed by atoms with Crippen molar-refractivity contribution >= 4 is 48.6 Å². The largest absolute Gasteiger partial charge is 0.310 e. The molecule has 1 aromatic heterocycles. The van der Waals surface area contributed by atoms with E-state index in [1.165, 1.54) is 86.9 Å². The summed E-state index contributed by atoms with van der Waals surface area (Å²) in [7, 11) is 0. The van der Waals surface area contributed by atoms with Crippen molar-refractivity contribution in [2.75, 3.05) is 4.90 Å². The Labute approximate surface area is 333 Å². The second-order valence-electron chi connectivity index (χ2n) is 16.5. The Morgan fingerprint density at radius 2 is 0.839 bits per heavy atom. The fraction of sp³-hybridized carbons (Fsp3) is 0.111. The van der Waals surface area contributed by atoms with Gasteiger partial charge < -0.3 is 4.90 Å². The molecule has 56 heavy (non-hydrogen) atoms. The highest BCUT2D eigenvalue weighted by molar-refractivity contribution is 7.25. The fourth-order valence-electron chi connectivity index (χ4n) is 9.85. The van der Waals surface area contributed by atoms with Crippen molar-refractivity contribution < 1.29 is 0 Å². The zero-order valence-electron chi connectivity index (χ0n) is 32.1. The fourth-order valence-corrected chi connectivity index (χ4v) is 11.0. The van der Waals surface area contributed by atoms with Crippen LogP contribution in [0.1, 0.15) is 49.9 Å². The van der Waals surface area contributed by atoms with Gasteiger partial charge in [-0.15, -0.1) is 11.3 Å². The Hall–Kier alpha value is -6.22. The third kappa shape index (κ3) is 4.79. The number of benzene rings is 8. The summed E-state index contributed by atoms with van der Waals surface area (Å²) in [6.45, 7) is 9.48. The predicted molar refractivity (Wildman–Crippen MR) is 240 cm³/mol. The van der Waals surface area contributed by atoms with E-state index >= 15 is 0 Å². The van der Waals surface area contributed by atoms with Crippen LogP contribution >= 0.6 is 11.3 Å². The van der Waals surface area contributed by atoms with Gasteiger partial charge in [-0.3, -0.25) is 0 Å². The van der Waals surface area contributed by atoms with Gasteiger partial charge in [0.1, 0.15) is 0 Å². The first-order valence-corrected chi connectivity index (χ1v) is 20.5. The van der Waals surface area contributed by atoms with Gasteiger partial charge in [-0.1, -0.05) is 161 Å². The number of fused-ring (bicyclic) bond motifs is 9. The van der Waals surface area contributed by atoms with Crippen molar-refractivity contribution in [3.63, 3.8) is 0 Å². The summed E-state index contributed by atoms with van der Waals surface area (Å²) in [6.07, 6.45) is 0. The lowest BCUT2D eigenvalue weighted by atomic mass is 9.82. The molecule has 1 heterocycles. The van der Waals surface area contributed by atoms with Crippen LogP contribution in [0.25, 0.3) is 64.7 Å². The molecule has 2 aliphatic carbocycles. The Morgan fingerprint density at radius 3 is 1.46 bits per heavy atom. The van der Waals surface area contributed by atoms with E-state index < -0.39 is 0 Å². The number of thiophene rings is 1. The lowest BCUT2D eigenvalue weighted by Crippen LogP contribution is -2.18. The van der Waals surface area contributed by atoms with Gasteiger partial charge in [0.05, 0.1) is 5.69 Å². The SMILES string of the molecule is CC1(C)c2ccccc2-c2ccc(N(c3ccc4c(c3)C(C)(C)c3ccccc3-4)c3ccccc3-c3ccc(-c4cccc5sc6ccccc6c45)cc3)cc21. The quantitative estimate of drug-likeness (QED) is 0.170. The van der Waals surface area contributed by atoms with E-state index in [-0.39, 0.29) is 10.8 Å². The molecule has 9 aromatic rings. The number of nitrogens with zero attached hydrogens (tertiary/aromatic N) is 1. The molecule has 11 rings (SSSR count). The zero-order chi connectivity index (χ0) is 37.8. The Kier molecular flexibility index (Phi) is 7.18. The highest BCUT2D eigenvalue weighted by Gasteiger charge is 2.38. The first-order valence-electron chi connectivity index (χ1n) is 19.7. The number of hydrogen-bond donors (Lipinski definition) is 0. The minimum atomic E-state index is -0.110. The molecule has 0 saturated heterocycles. The van der Waals surface area contributed by atoms with Crippen LogP contribution in [0.5, 0.6) is 0 Å². The lowest BCUT2D eigenvalue weighted by Gasteiger charge is -2.31. The summed E-state index contributed by atoms with van der Waals surface area (Å²) >= 11 is 1.87. The monoisotopic (exact) mass is 735 g/mol. The van der Waals surface area contributed by atoms with Crippen molar-refractivity contribution in [1.29, 1.82) is 0 Å². The molecule has 1 nitrogen and oxygen atoms in total. The van der Waals surface area contributed by atoms with E-state index in [0.29, 0.717) is 0 Å². The van der Waals surface area contributed by atoms with Crippen molar-refractivity contribution in [2.45, 2.75) is 38.5 Å². The van der Waals surface area contributed by atoms with Crippen molar-refractivity contribution in [3.8, 4) is 44.5 Å². The van der Waals surface area contributed by atoms with Crippen molar-refractivity contribution in [2.24, 2.45) is 0 Å². The van der Waals surface area contributed by atoms with Gasteiger partial charge in [-0.2, -0.15) is 0 Å². The van der Waals surface area contributed by atoms with Crippen LogP contribution in [0.3, 0.4) is 0 Å². The van der Waals surface area contributed by atoms with Crippen LogP contribution in [-0.2, 0) is 10.8 Å². The molecule has 0 N–H and O–H groups in total. The molecular weight excluding hydrogens is 695 g/mol. The van der Waals surface area contributed by atoms with Gasteiger partial charge in [-0.25, -0.2) is 0 Å². The number of para-hydroxylation sites is 1. The minimum Gasteiger partial charge on any atom is -0.310 e. The van der Waals surface area contributed by atoms with Crippen LogP contribution in [-0.4, -0.2) is 0 Å². The number of anilines is 3. The number of hydrogen-bond acceptors (Lipinski definition) is 2. The molecule has 8 aromatic carbocycles.